The molecule has 0 aliphatic rings. The number of hydrogen-bond donors (Lipinski definition) is 0. The second kappa shape index (κ2) is 7.06. The van der Waals surface area contributed by atoms with Crippen LogP contribution >= 0.6 is 31.9 Å². The molecule has 17 heavy (non-hydrogen) atoms. The largest absolute Gasteiger partial charge is 0.365 e. The van der Waals surface area contributed by atoms with Gasteiger partial charge in [-0.1, -0.05) is 31.9 Å². The molecule has 0 saturated heterocycles. The highest BCUT2D eigenvalue weighted by atomic mass is 79.9. The van der Waals surface area contributed by atoms with Gasteiger partial charge in [0.2, 0.25) is 0 Å². The SMILES string of the molecule is O=Cc1cc(F)c(N(CCBr)CCBr)c(F)c1. The average Bonchev–Trinajstić information content (AvgIpc) is 2.28. The second-order valence-electron chi connectivity index (χ2n) is 3.32. The fourth-order valence-electron chi connectivity index (χ4n) is 1.49. The number of rotatable bonds is 6. The summed E-state index contributed by atoms with van der Waals surface area (Å²) < 4.78 is 27.4. The van der Waals surface area contributed by atoms with E-state index in [0.717, 1.165) is 12.1 Å². The maximum atomic E-state index is 13.7. The van der Waals surface area contributed by atoms with E-state index in [1.807, 2.05) is 0 Å². The van der Waals surface area contributed by atoms with Crippen LogP contribution in [0.2, 0.25) is 0 Å². The standard InChI is InChI=1S/C11H11Br2F2NO/c12-1-3-16(4-2-13)11-9(14)5-8(7-17)6-10(11)15/h5-7H,1-4H2. The smallest absolute Gasteiger partial charge is 0.150 e. The van der Waals surface area contributed by atoms with E-state index >= 15 is 0 Å². The van der Waals surface area contributed by atoms with Crippen molar-refractivity contribution >= 4 is 43.8 Å². The van der Waals surface area contributed by atoms with Gasteiger partial charge in [-0.15, -0.1) is 0 Å². The average molecular weight is 371 g/mol. The van der Waals surface area contributed by atoms with Gasteiger partial charge in [0.25, 0.3) is 0 Å². The van der Waals surface area contributed by atoms with Crippen molar-refractivity contribution in [1.82, 2.24) is 0 Å². The molecule has 1 aromatic carbocycles. The van der Waals surface area contributed by atoms with Crippen LogP contribution in [0.25, 0.3) is 0 Å². The highest BCUT2D eigenvalue weighted by Gasteiger charge is 2.17. The molecule has 0 unspecified atom stereocenters. The quantitative estimate of drug-likeness (QED) is 0.565. The Labute approximate surface area is 115 Å². The van der Waals surface area contributed by atoms with E-state index < -0.39 is 11.6 Å². The highest BCUT2D eigenvalue weighted by Crippen LogP contribution is 2.24. The summed E-state index contributed by atoms with van der Waals surface area (Å²) in [5, 5.41) is 1.21. The molecule has 0 spiro atoms. The van der Waals surface area contributed by atoms with Gasteiger partial charge in [0, 0.05) is 29.3 Å². The fraction of sp³-hybridized carbons (Fsp3) is 0.364. The van der Waals surface area contributed by atoms with Gasteiger partial charge in [-0.3, -0.25) is 4.79 Å². The van der Waals surface area contributed by atoms with E-state index in [1.165, 1.54) is 0 Å². The molecule has 0 aliphatic carbocycles. The lowest BCUT2D eigenvalue weighted by molar-refractivity contribution is 0.112. The third kappa shape index (κ3) is 3.74. The van der Waals surface area contributed by atoms with Crippen LogP contribution in [0.15, 0.2) is 12.1 Å². The Morgan fingerprint density at radius 3 is 1.94 bits per heavy atom. The minimum absolute atomic E-state index is 0.00128. The number of carbonyl (C=O) groups excluding carboxylic acids is 1. The topological polar surface area (TPSA) is 20.3 Å². The van der Waals surface area contributed by atoms with Crippen molar-refractivity contribution in [2.24, 2.45) is 0 Å². The molecule has 0 atom stereocenters. The lowest BCUT2D eigenvalue weighted by atomic mass is 10.2. The van der Waals surface area contributed by atoms with E-state index in [0.29, 0.717) is 30.0 Å². The third-order valence-corrected chi connectivity index (χ3v) is 2.91. The fourth-order valence-corrected chi connectivity index (χ4v) is 2.35. The van der Waals surface area contributed by atoms with Crippen LogP contribution in [0.5, 0.6) is 0 Å². The minimum atomic E-state index is -0.714. The Bertz CT molecular complexity index is 372. The number of hydrogen-bond acceptors (Lipinski definition) is 2. The minimum Gasteiger partial charge on any atom is -0.365 e. The van der Waals surface area contributed by atoms with E-state index in [2.05, 4.69) is 31.9 Å². The highest BCUT2D eigenvalue weighted by molar-refractivity contribution is 9.09. The summed E-state index contributed by atoms with van der Waals surface area (Å²) in [6.45, 7) is 0.972. The first-order valence-electron chi connectivity index (χ1n) is 4.95. The zero-order chi connectivity index (χ0) is 12.8. The van der Waals surface area contributed by atoms with Gasteiger partial charge in [0.05, 0.1) is 0 Å². The molecule has 2 nitrogen and oxygen atoms in total. The Morgan fingerprint density at radius 1 is 1.12 bits per heavy atom. The van der Waals surface area contributed by atoms with E-state index in [1.54, 1.807) is 4.90 Å². The van der Waals surface area contributed by atoms with Crippen LogP contribution < -0.4 is 4.90 Å². The van der Waals surface area contributed by atoms with E-state index in [4.69, 9.17) is 0 Å². The number of carbonyl (C=O) groups is 1. The number of benzene rings is 1. The Hall–Kier alpha value is -0.490. The lowest BCUT2D eigenvalue weighted by Crippen LogP contribution is -2.29. The van der Waals surface area contributed by atoms with Crippen molar-refractivity contribution in [2.75, 3.05) is 28.6 Å². The van der Waals surface area contributed by atoms with Crippen molar-refractivity contribution in [3.8, 4) is 0 Å². The molecular weight excluding hydrogens is 360 g/mol. The number of halogens is 4. The molecule has 0 fully saturated rings. The molecule has 1 aromatic rings. The zero-order valence-corrected chi connectivity index (χ0v) is 12.1. The molecule has 0 amide bonds. The lowest BCUT2D eigenvalue weighted by Gasteiger charge is -2.24. The first kappa shape index (κ1) is 14.6. The molecule has 0 radical (unpaired) electrons. The summed E-state index contributed by atoms with van der Waals surface area (Å²) in [6, 6.07) is 2.09. The van der Waals surface area contributed by atoms with Crippen LogP contribution in [-0.4, -0.2) is 30.0 Å². The van der Waals surface area contributed by atoms with Crippen molar-refractivity contribution in [3.63, 3.8) is 0 Å². The van der Waals surface area contributed by atoms with Crippen LogP contribution in [0.4, 0.5) is 14.5 Å². The second-order valence-corrected chi connectivity index (χ2v) is 4.90. The summed E-state index contributed by atoms with van der Waals surface area (Å²) in [5.41, 5.74) is -0.0871. The molecule has 0 heterocycles. The van der Waals surface area contributed by atoms with E-state index in [9.17, 15) is 13.6 Å². The third-order valence-electron chi connectivity index (χ3n) is 2.20. The maximum Gasteiger partial charge on any atom is 0.150 e. The molecular formula is C11H11Br2F2NO. The Balaban J connectivity index is 3.13. The predicted molar refractivity (Wildman–Crippen MR) is 71.5 cm³/mol. The van der Waals surface area contributed by atoms with Crippen molar-refractivity contribution in [1.29, 1.82) is 0 Å². The zero-order valence-electron chi connectivity index (χ0n) is 8.93. The molecule has 1 rings (SSSR count). The van der Waals surface area contributed by atoms with Gasteiger partial charge < -0.3 is 4.90 Å². The van der Waals surface area contributed by atoms with Crippen molar-refractivity contribution in [3.05, 3.63) is 29.3 Å². The van der Waals surface area contributed by atoms with Crippen LogP contribution in [0, 0.1) is 11.6 Å². The predicted octanol–water partition coefficient (Wildman–Crippen LogP) is 3.37. The van der Waals surface area contributed by atoms with Crippen molar-refractivity contribution < 1.29 is 13.6 Å². The molecule has 0 aromatic heterocycles. The van der Waals surface area contributed by atoms with Crippen LogP contribution in [0.3, 0.4) is 0 Å². The molecule has 0 aliphatic heterocycles. The molecule has 0 saturated carbocycles. The van der Waals surface area contributed by atoms with Crippen LogP contribution in [0.1, 0.15) is 10.4 Å². The van der Waals surface area contributed by atoms with Gasteiger partial charge in [-0.05, 0) is 12.1 Å². The first-order valence-corrected chi connectivity index (χ1v) is 7.19. The first-order chi connectivity index (χ1) is 8.13. The monoisotopic (exact) mass is 369 g/mol. The van der Waals surface area contributed by atoms with Crippen LogP contribution in [-0.2, 0) is 0 Å². The number of alkyl halides is 2. The number of anilines is 1. The molecule has 6 heteroatoms. The van der Waals surface area contributed by atoms with E-state index in [-0.39, 0.29) is 11.3 Å². The number of aldehydes is 1. The summed E-state index contributed by atoms with van der Waals surface area (Å²) in [6.07, 6.45) is 0.426. The van der Waals surface area contributed by atoms with Gasteiger partial charge in [0.1, 0.15) is 23.6 Å². The Kier molecular flexibility index (Phi) is 6.05. The van der Waals surface area contributed by atoms with Gasteiger partial charge in [-0.2, -0.15) is 0 Å². The Morgan fingerprint density at radius 2 is 1.59 bits per heavy atom. The normalized spacial score (nSPS) is 10.4. The van der Waals surface area contributed by atoms with Gasteiger partial charge >= 0.3 is 0 Å². The molecule has 0 N–H and O–H groups in total. The molecule has 0 bridgehead atoms. The number of nitrogens with zero attached hydrogens (tertiary/aromatic N) is 1. The van der Waals surface area contributed by atoms with Crippen molar-refractivity contribution in [2.45, 2.75) is 0 Å². The molecule has 94 valence electrons. The summed E-state index contributed by atoms with van der Waals surface area (Å²) in [7, 11) is 0. The van der Waals surface area contributed by atoms with Gasteiger partial charge in [-0.25, -0.2) is 8.78 Å². The van der Waals surface area contributed by atoms with Gasteiger partial charge in [0.15, 0.2) is 0 Å². The summed E-state index contributed by atoms with van der Waals surface area (Å²) in [5.74, 6) is -1.43. The maximum absolute atomic E-state index is 13.7. The summed E-state index contributed by atoms with van der Waals surface area (Å²) in [4.78, 5) is 12.1. The summed E-state index contributed by atoms with van der Waals surface area (Å²) >= 11 is 6.47.